The minimum absolute atomic E-state index is 0.146. The number of esters is 1. The van der Waals surface area contributed by atoms with Gasteiger partial charge < -0.3 is 14.2 Å². The Morgan fingerprint density at radius 2 is 1.87 bits per heavy atom. The lowest BCUT2D eigenvalue weighted by molar-refractivity contribution is -0.143. The van der Waals surface area contributed by atoms with E-state index in [1.54, 1.807) is 6.92 Å². The van der Waals surface area contributed by atoms with Crippen molar-refractivity contribution < 1.29 is 19.0 Å². The molecule has 0 aliphatic carbocycles. The van der Waals surface area contributed by atoms with Crippen molar-refractivity contribution in [3.05, 3.63) is 12.0 Å². The summed E-state index contributed by atoms with van der Waals surface area (Å²) in [5.74, 6) is -0.325. The first-order valence-electron chi connectivity index (χ1n) is 5.37. The molecule has 0 aromatic rings. The minimum atomic E-state index is -0.470. The Bertz CT molecular complexity index is 199. The summed E-state index contributed by atoms with van der Waals surface area (Å²) in [6.07, 6.45) is 3.24. The van der Waals surface area contributed by atoms with E-state index in [-0.39, 0.29) is 5.76 Å². The molecule has 0 rings (SSSR count). The Kier molecular flexibility index (Phi) is 8.63. The van der Waals surface area contributed by atoms with Crippen LogP contribution in [0.5, 0.6) is 0 Å². The smallest absolute Gasteiger partial charge is 0.376 e. The van der Waals surface area contributed by atoms with E-state index in [0.717, 1.165) is 12.8 Å². The second kappa shape index (κ2) is 9.37. The first kappa shape index (κ1) is 13.8. The van der Waals surface area contributed by atoms with Crippen molar-refractivity contribution in [1.29, 1.82) is 0 Å². The second-order valence-electron chi connectivity index (χ2n) is 2.86. The van der Waals surface area contributed by atoms with Gasteiger partial charge in [0, 0.05) is 0 Å². The Balaban J connectivity index is 4.11. The molecule has 0 fully saturated rings. The van der Waals surface area contributed by atoms with E-state index in [1.807, 2.05) is 6.92 Å². The molecule has 0 saturated heterocycles. The van der Waals surface area contributed by atoms with Crippen molar-refractivity contribution in [2.75, 3.05) is 19.8 Å². The van der Waals surface area contributed by atoms with E-state index >= 15 is 0 Å². The fraction of sp³-hybridized carbons (Fsp3) is 0.727. The standard InChI is InChI=1S/C11H20O4/c1-4-7-8-15-10(9-13-5-2)11(12)14-6-3/h9H,4-8H2,1-3H3. The maximum Gasteiger partial charge on any atom is 0.376 e. The van der Waals surface area contributed by atoms with E-state index in [9.17, 15) is 4.79 Å². The SMILES string of the molecule is CCCCOC(=COCC)C(=O)OCC. The molecule has 0 aromatic carbocycles. The molecule has 0 atom stereocenters. The monoisotopic (exact) mass is 216 g/mol. The number of carbonyl (C=O) groups excluding carboxylic acids is 1. The Morgan fingerprint density at radius 3 is 2.40 bits per heavy atom. The van der Waals surface area contributed by atoms with Crippen molar-refractivity contribution in [3.63, 3.8) is 0 Å². The van der Waals surface area contributed by atoms with E-state index in [4.69, 9.17) is 14.2 Å². The maximum atomic E-state index is 11.3. The highest BCUT2D eigenvalue weighted by Gasteiger charge is 2.12. The largest absolute Gasteiger partial charge is 0.497 e. The van der Waals surface area contributed by atoms with Crippen LogP contribution in [0.25, 0.3) is 0 Å². The second-order valence-corrected chi connectivity index (χ2v) is 2.86. The van der Waals surface area contributed by atoms with Crippen LogP contribution in [0.4, 0.5) is 0 Å². The predicted molar refractivity (Wildman–Crippen MR) is 57.2 cm³/mol. The average molecular weight is 216 g/mol. The summed E-state index contributed by atoms with van der Waals surface area (Å²) in [5.41, 5.74) is 0. The van der Waals surface area contributed by atoms with Crippen LogP contribution >= 0.6 is 0 Å². The molecule has 4 nitrogen and oxygen atoms in total. The third kappa shape index (κ3) is 6.82. The van der Waals surface area contributed by atoms with Gasteiger partial charge in [-0.15, -0.1) is 0 Å². The van der Waals surface area contributed by atoms with Crippen molar-refractivity contribution in [2.45, 2.75) is 33.6 Å². The summed E-state index contributed by atoms with van der Waals surface area (Å²) in [7, 11) is 0. The lowest BCUT2D eigenvalue weighted by Gasteiger charge is -2.08. The highest BCUT2D eigenvalue weighted by molar-refractivity contribution is 5.85. The van der Waals surface area contributed by atoms with Crippen molar-refractivity contribution in [1.82, 2.24) is 0 Å². The fourth-order valence-corrected chi connectivity index (χ4v) is 0.829. The highest BCUT2D eigenvalue weighted by Crippen LogP contribution is 2.03. The van der Waals surface area contributed by atoms with Gasteiger partial charge in [-0.25, -0.2) is 4.79 Å². The number of carbonyl (C=O) groups is 1. The molecule has 0 heterocycles. The number of rotatable bonds is 8. The van der Waals surface area contributed by atoms with E-state index in [1.165, 1.54) is 6.26 Å². The molecule has 0 bridgehead atoms. The molecule has 0 aromatic heterocycles. The normalized spacial score (nSPS) is 11.0. The summed E-state index contributed by atoms with van der Waals surface area (Å²) < 4.78 is 15.1. The van der Waals surface area contributed by atoms with Gasteiger partial charge in [-0.05, 0) is 20.3 Å². The van der Waals surface area contributed by atoms with Crippen LogP contribution in [0.3, 0.4) is 0 Å². The van der Waals surface area contributed by atoms with Crippen LogP contribution in [0.15, 0.2) is 12.0 Å². The summed E-state index contributed by atoms with van der Waals surface area (Å²) in [4.78, 5) is 11.3. The van der Waals surface area contributed by atoms with Gasteiger partial charge in [0.15, 0.2) is 0 Å². The topological polar surface area (TPSA) is 44.8 Å². The number of hydrogen-bond donors (Lipinski definition) is 0. The zero-order chi connectivity index (χ0) is 11.5. The molecule has 88 valence electrons. The molecule has 0 aliphatic rings. The molecule has 0 radical (unpaired) electrons. The van der Waals surface area contributed by atoms with Crippen LogP contribution in [-0.4, -0.2) is 25.8 Å². The van der Waals surface area contributed by atoms with Gasteiger partial charge in [-0.1, -0.05) is 13.3 Å². The minimum Gasteiger partial charge on any atom is -0.497 e. The summed E-state index contributed by atoms with van der Waals surface area (Å²) in [5, 5.41) is 0. The highest BCUT2D eigenvalue weighted by atomic mass is 16.6. The van der Waals surface area contributed by atoms with Crippen LogP contribution in [0.1, 0.15) is 33.6 Å². The fourth-order valence-electron chi connectivity index (χ4n) is 0.829. The van der Waals surface area contributed by atoms with Crippen molar-refractivity contribution in [3.8, 4) is 0 Å². The summed E-state index contributed by atoms with van der Waals surface area (Å²) >= 11 is 0. The molecule has 0 unspecified atom stereocenters. The summed E-state index contributed by atoms with van der Waals surface area (Å²) in [6.45, 7) is 6.99. The third-order valence-corrected chi connectivity index (χ3v) is 1.59. The predicted octanol–water partition coefficient (Wildman–Crippen LogP) is 2.24. The Morgan fingerprint density at radius 1 is 1.13 bits per heavy atom. The molecule has 0 N–H and O–H groups in total. The third-order valence-electron chi connectivity index (χ3n) is 1.59. The van der Waals surface area contributed by atoms with Gasteiger partial charge in [0.2, 0.25) is 5.76 Å². The zero-order valence-electron chi connectivity index (χ0n) is 9.75. The van der Waals surface area contributed by atoms with Gasteiger partial charge in [-0.3, -0.25) is 0 Å². The molecule has 15 heavy (non-hydrogen) atoms. The van der Waals surface area contributed by atoms with Crippen LogP contribution in [0.2, 0.25) is 0 Å². The summed E-state index contributed by atoms with van der Waals surface area (Å²) in [6, 6.07) is 0. The van der Waals surface area contributed by atoms with Crippen molar-refractivity contribution >= 4 is 5.97 Å². The van der Waals surface area contributed by atoms with Crippen molar-refractivity contribution in [2.24, 2.45) is 0 Å². The van der Waals surface area contributed by atoms with Gasteiger partial charge in [-0.2, -0.15) is 0 Å². The van der Waals surface area contributed by atoms with Crippen LogP contribution in [-0.2, 0) is 19.0 Å². The molecule has 0 saturated carbocycles. The Labute approximate surface area is 91.2 Å². The van der Waals surface area contributed by atoms with Crippen LogP contribution in [0, 0.1) is 0 Å². The molecule has 0 spiro atoms. The molecular weight excluding hydrogens is 196 g/mol. The van der Waals surface area contributed by atoms with E-state index in [2.05, 4.69) is 6.92 Å². The quantitative estimate of drug-likeness (QED) is 0.270. The number of unbranched alkanes of at least 4 members (excludes halogenated alkanes) is 1. The molecule has 0 amide bonds. The Hall–Kier alpha value is -1.19. The molecular formula is C11H20O4. The number of ether oxygens (including phenoxy) is 3. The first-order valence-corrected chi connectivity index (χ1v) is 5.37. The lowest BCUT2D eigenvalue weighted by Crippen LogP contribution is -2.11. The molecule has 4 heteroatoms. The van der Waals surface area contributed by atoms with E-state index in [0.29, 0.717) is 19.8 Å². The number of hydrogen-bond acceptors (Lipinski definition) is 4. The van der Waals surface area contributed by atoms with Crippen LogP contribution < -0.4 is 0 Å². The molecule has 0 aliphatic heterocycles. The first-order chi connectivity index (χ1) is 7.26. The van der Waals surface area contributed by atoms with Gasteiger partial charge in [0.05, 0.1) is 19.8 Å². The van der Waals surface area contributed by atoms with E-state index < -0.39 is 5.97 Å². The van der Waals surface area contributed by atoms with Gasteiger partial charge in [0.25, 0.3) is 0 Å². The average Bonchev–Trinajstić information content (AvgIpc) is 2.23. The van der Waals surface area contributed by atoms with Gasteiger partial charge in [0.1, 0.15) is 6.26 Å². The lowest BCUT2D eigenvalue weighted by atomic mass is 10.4. The maximum absolute atomic E-state index is 11.3. The van der Waals surface area contributed by atoms with Gasteiger partial charge >= 0.3 is 5.97 Å². The zero-order valence-corrected chi connectivity index (χ0v) is 9.75.